The molecule has 2 unspecified atom stereocenters. The topological polar surface area (TPSA) is 94.8 Å². The second-order valence-corrected chi connectivity index (χ2v) is 2.04. The number of aliphatic hydroxyl groups is 2. The molecule has 0 fully saturated rings. The number of hydrogen-bond acceptors (Lipinski definition) is 4. The van der Waals surface area contributed by atoms with E-state index in [-0.39, 0.29) is 0 Å². The summed E-state index contributed by atoms with van der Waals surface area (Å²) in [6.45, 7) is 0. The van der Waals surface area contributed by atoms with Gasteiger partial charge in [0.2, 0.25) is 0 Å². The Bertz CT molecular complexity index is 123. The van der Waals surface area contributed by atoms with E-state index < -0.39 is 26.4 Å². The smallest absolute Gasteiger partial charge is 0.336 e. The van der Waals surface area contributed by atoms with E-state index in [4.69, 9.17) is 15.3 Å². The molecular weight excluding hydrogens is 147 g/mol. The number of carbonyl (C=O) groups is 1. The Kier molecular flexibility index (Phi) is 3.30. The molecule has 6 heteroatoms. The monoisotopic (exact) mass is 152 g/mol. The average Bonchev–Trinajstić information content (AvgIpc) is 1.84. The summed E-state index contributed by atoms with van der Waals surface area (Å²) in [4.78, 5) is 9.75. The minimum atomic E-state index is -1.97. The highest BCUT2D eigenvalue weighted by atomic mass is 31.1. The molecule has 2 atom stereocenters. The summed E-state index contributed by atoms with van der Waals surface area (Å²) in [5.74, 6) is -3.33. The molecule has 0 aromatic carbocycles. The molecule has 0 aromatic heterocycles. The normalized spacial score (nSPS) is 17.1. The summed E-state index contributed by atoms with van der Waals surface area (Å²) in [6, 6.07) is 0. The summed E-state index contributed by atoms with van der Waals surface area (Å²) in [5, 5.41) is 24.6. The van der Waals surface area contributed by atoms with Crippen LogP contribution in [0.3, 0.4) is 0 Å². The van der Waals surface area contributed by atoms with Crippen molar-refractivity contribution in [1.82, 2.24) is 0 Å². The fourth-order valence-electron chi connectivity index (χ4n) is 0.185. The van der Waals surface area contributed by atoms with Crippen molar-refractivity contribution in [2.75, 3.05) is 0 Å². The van der Waals surface area contributed by atoms with E-state index in [0.29, 0.717) is 0 Å². The highest BCUT2D eigenvalue weighted by Gasteiger charge is 2.23. The van der Waals surface area contributed by atoms with Crippen molar-refractivity contribution in [2.45, 2.75) is 11.9 Å². The predicted molar refractivity (Wildman–Crippen MR) is 27.3 cm³/mol. The van der Waals surface area contributed by atoms with Gasteiger partial charge in [-0.1, -0.05) is 0 Å². The molecule has 9 heavy (non-hydrogen) atoms. The lowest BCUT2D eigenvalue weighted by Crippen LogP contribution is -2.29. The van der Waals surface area contributed by atoms with Crippen LogP contribution in [0.25, 0.3) is 0 Å². The minimum absolute atomic E-state index is 0.792. The fraction of sp³-hybridized carbons (Fsp3) is 0.667. The summed E-state index contributed by atoms with van der Waals surface area (Å²) >= 11 is 0. The first kappa shape index (κ1) is 8.49. The van der Waals surface area contributed by atoms with E-state index in [0.717, 1.165) is 0 Å². The quantitative estimate of drug-likeness (QED) is 0.453. The Balaban J connectivity index is 3.86. The summed E-state index contributed by atoms with van der Waals surface area (Å²) in [5.41, 5.74) is 0. The second-order valence-electron chi connectivity index (χ2n) is 1.30. The van der Waals surface area contributed by atoms with E-state index >= 15 is 0 Å². The van der Waals surface area contributed by atoms with Crippen molar-refractivity contribution in [1.29, 1.82) is 0 Å². The maximum absolute atomic E-state index is 9.75. The van der Waals surface area contributed by atoms with Gasteiger partial charge in [-0.05, 0) is 0 Å². The third-order valence-corrected chi connectivity index (χ3v) is 1.14. The van der Waals surface area contributed by atoms with Gasteiger partial charge < -0.3 is 15.3 Å². The van der Waals surface area contributed by atoms with Gasteiger partial charge in [0.1, 0.15) is 0 Å². The van der Waals surface area contributed by atoms with Gasteiger partial charge in [0, 0.05) is 0 Å². The number of rotatable bonds is 3. The zero-order valence-electron chi connectivity index (χ0n) is 4.26. The lowest BCUT2D eigenvalue weighted by molar-refractivity contribution is -0.149. The average molecular weight is 152 g/mol. The van der Waals surface area contributed by atoms with Gasteiger partial charge in [0.25, 0.3) is 0 Å². The Morgan fingerprint density at radius 2 is 1.89 bits per heavy atom. The molecule has 0 heterocycles. The third kappa shape index (κ3) is 2.51. The Morgan fingerprint density at radius 3 is 2.00 bits per heavy atom. The van der Waals surface area contributed by atoms with Crippen molar-refractivity contribution in [3.63, 3.8) is 0 Å². The Hall–Kier alpha value is -0.510. The summed E-state index contributed by atoms with van der Waals surface area (Å²) < 4.78 is 9.67. The SMILES string of the molecule is O=PC(O)C(O)C(=O)O. The first-order valence-corrected chi connectivity index (χ1v) is 2.89. The Labute approximate surface area is 52.1 Å². The molecule has 0 aromatic rings. The van der Waals surface area contributed by atoms with Crippen LogP contribution in [0.15, 0.2) is 0 Å². The second kappa shape index (κ2) is 3.50. The predicted octanol–water partition coefficient (Wildman–Crippen LogP) is -0.958. The van der Waals surface area contributed by atoms with Crippen LogP contribution in [0.1, 0.15) is 0 Å². The molecule has 0 spiro atoms. The van der Waals surface area contributed by atoms with Gasteiger partial charge in [-0.2, -0.15) is 0 Å². The van der Waals surface area contributed by atoms with Crippen LogP contribution in [0, 0.1) is 0 Å². The largest absolute Gasteiger partial charge is 0.479 e. The number of carboxylic acids is 1. The number of carboxylic acid groups (broad SMARTS) is 1. The number of aliphatic carboxylic acids is 1. The number of hydrogen-bond donors (Lipinski definition) is 3. The maximum Gasteiger partial charge on any atom is 0.336 e. The molecule has 0 bridgehead atoms. The molecule has 0 aliphatic carbocycles. The van der Waals surface area contributed by atoms with Gasteiger partial charge in [-0.25, -0.2) is 4.79 Å². The van der Waals surface area contributed by atoms with E-state index in [9.17, 15) is 9.36 Å². The van der Waals surface area contributed by atoms with Crippen LogP contribution in [-0.2, 0) is 9.36 Å². The van der Waals surface area contributed by atoms with Gasteiger partial charge >= 0.3 is 5.97 Å². The van der Waals surface area contributed by atoms with Crippen LogP contribution >= 0.6 is 8.46 Å². The van der Waals surface area contributed by atoms with Crippen molar-refractivity contribution >= 4 is 14.4 Å². The highest BCUT2D eigenvalue weighted by molar-refractivity contribution is 7.24. The molecule has 0 radical (unpaired) electrons. The first-order valence-electron chi connectivity index (χ1n) is 2.01. The van der Waals surface area contributed by atoms with Crippen molar-refractivity contribution in [3.8, 4) is 0 Å². The van der Waals surface area contributed by atoms with Crippen molar-refractivity contribution < 1.29 is 24.7 Å². The van der Waals surface area contributed by atoms with E-state index in [1.165, 1.54) is 0 Å². The molecule has 0 rings (SSSR count). The van der Waals surface area contributed by atoms with Crippen molar-refractivity contribution in [3.05, 3.63) is 0 Å². The zero-order valence-corrected chi connectivity index (χ0v) is 5.15. The molecule has 0 aliphatic heterocycles. The summed E-state index contributed by atoms with van der Waals surface area (Å²) in [7, 11) is -0.792. The standard InChI is InChI=1S/C3H5O5P/c4-1(2(5)6)3(7)9-8/h1,3-4,7H,(H,5,6). The van der Waals surface area contributed by atoms with Gasteiger partial charge in [-0.3, -0.25) is 4.57 Å². The van der Waals surface area contributed by atoms with Crippen LogP contribution < -0.4 is 0 Å². The molecular formula is C3H5O5P. The lowest BCUT2D eigenvalue weighted by Gasteiger charge is -2.03. The molecule has 0 saturated heterocycles. The highest BCUT2D eigenvalue weighted by Crippen LogP contribution is 2.06. The van der Waals surface area contributed by atoms with Crippen molar-refractivity contribution in [2.24, 2.45) is 0 Å². The van der Waals surface area contributed by atoms with Gasteiger partial charge in [-0.15, -0.1) is 0 Å². The summed E-state index contributed by atoms with van der Waals surface area (Å²) in [6.07, 6.45) is -1.97. The zero-order chi connectivity index (χ0) is 7.44. The molecule has 5 nitrogen and oxygen atoms in total. The molecule has 0 amide bonds. The van der Waals surface area contributed by atoms with Gasteiger partial charge in [0.15, 0.2) is 20.4 Å². The molecule has 0 saturated carbocycles. The molecule has 52 valence electrons. The third-order valence-electron chi connectivity index (χ3n) is 0.643. The first-order chi connectivity index (χ1) is 4.09. The van der Waals surface area contributed by atoms with Gasteiger partial charge in [0.05, 0.1) is 0 Å². The van der Waals surface area contributed by atoms with Crippen LogP contribution in [0.5, 0.6) is 0 Å². The van der Waals surface area contributed by atoms with E-state index in [1.54, 1.807) is 0 Å². The van der Waals surface area contributed by atoms with E-state index in [2.05, 4.69) is 0 Å². The molecule has 0 aliphatic rings. The van der Waals surface area contributed by atoms with Crippen LogP contribution in [-0.4, -0.2) is 33.2 Å². The van der Waals surface area contributed by atoms with Crippen LogP contribution in [0.2, 0.25) is 0 Å². The fourth-order valence-corrected chi connectivity index (χ4v) is 0.428. The Morgan fingerprint density at radius 1 is 1.44 bits per heavy atom. The number of aliphatic hydroxyl groups excluding tert-OH is 2. The van der Waals surface area contributed by atoms with E-state index in [1.807, 2.05) is 0 Å². The maximum atomic E-state index is 9.75. The lowest BCUT2D eigenvalue weighted by atomic mass is 10.4. The minimum Gasteiger partial charge on any atom is -0.479 e. The molecule has 3 N–H and O–H groups in total. The van der Waals surface area contributed by atoms with Crippen LogP contribution in [0.4, 0.5) is 0 Å².